The maximum absolute atomic E-state index is 2.50. The SMILES string of the molecule is CCC(C)[N+]([Ti])(C1=C(C)C(C)=C(C)C1C)[SiH](C)C.[Cl-].[Cl-]. The number of nitrogens with zero attached hydrogens (tertiary/aromatic N) is 1. The van der Waals surface area contributed by atoms with Crippen molar-refractivity contribution in [1.82, 2.24) is 0 Å². The first-order chi connectivity index (χ1) is 8.19. The van der Waals surface area contributed by atoms with Gasteiger partial charge in [0.15, 0.2) is 0 Å². The van der Waals surface area contributed by atoms with Crippen molar-refractivity contribution in [1.29, 1.82) is 0 Å². The second kappa shape index (κ2) is 8.55. The zero-order valence-electron chi connectivity index (χ0n) is 14.1. The first-order valence-corrected chi connectivity index (χ1v) is 10.7. The van der Waals surface area contributed by atoms with Crippen molar-refractivity contribution in [2.75, 3.05) is 0 Å². The van der Waals surface area contributed by atoms with Crippen molar-refractivity contribution in [2.45, 2.75) is 67.1 Å². The van der Waals surface area contributed by atoms with E-state index in [0.29, 0.717) is 5.92 Å². The summed E-state index contributed by atoms with van der Waals surface area (Å²) in [4.78, 5) is 0. The van der Waals surface area contributed by atoms with Crippen LogP contribution in [0.4, 0.5) is 0 Å². The van der Waals surface area contributed by atoms with Crippen LogP contribution in [0.15, 0.2) is 22.4 Å². The molecule has 1 aliphatic carbocycles. The third-order valence-electron chi connectivity index (χ3n) is 5.10. The minimum Gasteiger partial charge on any atom is -1.00 e. The number of hydrogen-bond acceptors (Lipinski definition) is 0. The van der Waals surface area contributed by atoms with Gasteiger partial charge in [0.2, 0.25) is 0 Å². The van der Waals surface area contributed by atoms with Crippen molar-refractivity contribution >= 4 is 8.96 Å². The van der Waals surface area contributed by atoms with Crippen LogP contribution >= 0.6 is 0 Å². The molecule has 1 rings (SSSR count). The Hall–Kier alpha value is 0.951. The van der Waals surface area contributed by atoms with E-state index in [1.54, 1.807) is 22.4 Å². The van der Waals surface area contributed by atoms with E-state index in [2.05, 4.69) is 75.3 Å². The zero-order valence-corrected chi connectivity index (χ0v) is 18.4. The van der Waals surface area contributed by atoms with Gasteiger partial charge in [-0.25, -0.2) is 0 Å². The molecule has 0 N–H and O–H groups in total. The number of rotatable bonds is 4. The first kappa shape index (κ1) is 23.2. The predicted molar refractivity (Wildman–Crippen MR) is 79.1 cm³/mol. The largest absolute Gasteiger partial charge is 1.00 e. The van der Waals surface area contributed by atoms with Crippen molar-refractivity contribution in [3.8, 4) is 0 Å². The summed E-state index contributed by atoms with van der Waals surface area (Å²) in [7, 11) is -0.808. The fourth-order valence-corrected chi connectivity index (χ4v) is 6.30. The molecule has 3 unspecified atom stereocenters. The Bertz CT molecular complexity index is 407. The molecule has 0 aromatic heterocycles. The van der Waals surface area contributed by atoms with E-state index in [9.17, 15) is 0 Å². The summed E-state index contributed by atoms with van der Waals surface area (Å²) in [5.41, 5.74) is 6.41. The van der Waals surface area contributed by atoms with Gasteiger partial charge in [0, 0.05) is 0 Å². The number of quaternary nitrogens is 1. The van der Waals surface area contributed by atoms with Gasteiger partial charge in [-0.3, -0.25) is 0 Å². The molecule has 0 aliphatic heterocycles. The van der Waals surface area contributed by atoms with Gasteiger partial charge in [0.05, 0.1) is 0 Å². The molecule has 0 heterocycles. The van der Waals surface area contributed by atoms with E-state index in [4.69, 9.17) is 0 Å². The summed E-state index contributed by atoms with van der Waals surface area (Å²) in [6.07, 6.45) is 1.27. The maximum atomic E-state index is 2.50. The quantitative estimate of drug-likeness (QED) is 0.519. The molecule has 0 bridgehead atoms. The monoisotopic (exact) mass is 369 g/mol. The molecule has 3 atom stereocenters. The summed E-state index contributed by atoms with van der Waals surface area (Å²) < 4.78 is 1.23. The van der Waals surface area contributed by atoms with Crippen molar-refractivity contribution in [3.05, 3.63) is 22.4 Å². The van der Waals surface area contributed by atoms with Gasteiger partial charge < -0.3 is 24.8 Å². The predicted octanol–water partition coefficient (Wildman–Crippen LogP) is -1.68. The number of allylic oxidation sites excluding steroid dienone is 3. The second-order valence-electron chi connectivity index (χ2n) is 6.17. The minimum absolute atomic E-state index is 0. The molecular weight excluding hydrogens is 341 g/mol. The molecule has 0 radical (unpaired) electrons. The van der Waals surface area contributed by atoms with Crippen LogP contribution in [0.3, 0.4) is 0 Å². The van der Waals surface area contributed by atoms with Crippen LogP contribution < -0.4 is 24.8 Å². The van der Waals surface area contributed by atoms with E-state index < -0.39 is 8.96 Å². The third-order valence-corrected chi connectivity index (χ3v) is 11.0. The van der Waals surface area contributed by atoms with E-state index in [1.165, 1.54) is 9.05 Å². The normalized spacial score (nSPS) is 23.3. The molecule has 0 spiro atoms. The summed E-state index contributed by atoms with van der Waals surface area (Å²) in [6, 6.07) is 0.739. The minimum atomic E-state index is -0.808. The summed E-state index contributed by atoms with van der Waals surface area (Å²) in [5, 5.41) is 0. The Kier molecular flexibility index (Phi) is 9.93. The average molecular weight is 370 g/mol. The van der Waals surface area contributed by atoms with Gasteiger partial charge in [-0.15, -0.1) is 0 Å². The van der Waals surface area contributed by atoms with E-state index in [-0.39, 0.29) is 24.8 Å². The molecule has 0 saturated carbocycles. The summed E-state index contributed by atoms with van der Waals surface area (Å²) in [6.45, 7) is 19.1. The Morgan fingerprint density at radius 3 is 1.85 bits per heavy atom. The Morgan fingerprint density at radius 1 is 1.15 bits per heavy atom. The van der Waals surface area contributed by atoms with Gasteiger partial charge in [-0.2, -0.15) is 0 Å². The first-order valence-electron chi connectivity index (χ1n) is 7.22. The third kappa shape index (κ3) is 3.64. The molecule has 1 nitrogen and oxygen atoms in total. The van der Waals surface area contributed by atoms with Crippen molar-refractivity contribution in [2.24, 2.45) is 5.92 Å². The van der Waals surface area contributed by atoms with Gasteiger partial charge in [-0.05, 0) is 0 Å². The summed E-state index contributed by atoms with van der Waals surface area (Å²) in [5.74, 6) is 0.638. The van der Waals surface area contributed by atoms with Crippen LogP contribution in [0.25, 0.3) is 0 Å². The molecule has 117 valence electrons. The van der Waals surface area contributed by atoms with Crippen LogP contribution in [0.5, 0.6) is 0 Å². The van der Waals surface area contributed by atoms with Gasteiger partial charge in [-0.1, -0.05) is 0 Å². The fourth-order valence-electron chi connectivity index (χ4n) is 3.25. The molecule has 0 aromatic carbocycles. The molecule has 0 saturated heterocycles. The zero-order chi connectivity index (χ0) is 14.2. The topological polar surface area (TPSA) is 0 Å². The Labute approximate surface area is 152 Å². The van der Waals surface area contributed by atoms with E-state index in [0.717, 1.165) is 6.04 Å². The second-order valence-corrected chi connectivity index (χ2v) is 11.1. The Morgan fingerprint density at radius 2 is 1.60 bits per heavy atom. The summed E-state index contributed by atoms with van der Waals surface area (Å²) >= 11 is 2.49. The average Bonchev–Trinajstić information content (AvgIpc) is 2.52. The molecule has 0 aromatic rings. The molecule has 0 fully saturated rings. The molecule has 0 amide bonds. The maximum Gasteiger partial charge on any atom is -1.00 e. The van der Waals surface area contributed by atoms with Crippen LogP contribution in [0.2, 0.25) is 13.1 Å². The fraction of sp³-hybridized carbons (Fsp3) is 0.733. The van der Waals surface area contributed by atoms with Crippen LogP contribution in [-0.2, 0) is 20.7 Å². The molecular formula is C15H29Cl2NSiTi-. The smallest absolute Gasteiger partial charge is 1.00 e. The van der Waals surface area contributed by atoms with E-state index >= 15 is 0 Å². The van der Waals surface area contributed by atoms with Crippen LogP contribution in [0.1, 0.15) is 48.0 Å². The molecule has 20 heavy (non-hydrogen) atoms. The Balaban J connectivity index is 0. The van der Waals surface area contributed by atoms with Crippen LogP contribution in [0, 0.1) is 5.92 Å². The van der Waals surface area contributed by atoms with E-state index in [1.807, 2.05) is 0 Å². The van der Waals surface area contributed by atoms with Crippen molar-refractivity contribution in [3.63, 3.8) is 0 Å². The standard InChI is InChI=1S/C15H29NSi.2ClH.Ti/c1-9-10(2)16(17(7)8)15-13(5)11(3)12(4)14(15)6;;;/h10,13,17H,9H2,1-8H3;2*1H;/q;;;+1/p-2. The number of hydrogen-bond donors (Lipinski definition) is 0. The number of halogens is 2. The van der Waals surface area contributed by atoms with Crippen molar-refractivity contribution < 1.29 is 48.1 Å². The van der Waals surface area contributed by atoms with Crippen LogP contribution in [-0.4, -0.2) is 17.6 Å². The van der Waals surface area contributed by atoms with Gasteiger partial charge in [0.25, 0.3) is 0 Å². The van der Waals surface area contributed by atoms with Gasteiger partial charge in [0.1, 0.15) is 0 Å². The van der Waals surface area contributed by atoms with Gasteiger partial charge >= 0.3 is 128 Å². The molecule has 1 aliphatic rings. The molecule has 5 heteroatoms.